The molecule has 1 aromatic rings. The van der Waals surface area contributed by atoms with E-state index in [1.165, 1.54) is 11.0 Å². The maximum absolute atomic E-state index is 12.0. The minimum atomic E-state index is -3.35. The van der Waals surface area contributed by atoms with Crippen molar-refractivity contribution in [2.45, 2.75) is 25.0 Å². The second-order valence-corrected chi connectivity index (χ2v) is 6.97. The van der Waals surface area contributed by atoms with Crippen molar-refractivity contribution in [2.24, 2.45) is 12.5 Å². The number of nitrogens with zero attached hydrogens (tertiary/aromatic N) is 3. The largest absolute Gasteiger partial charge is 0.481 e. The zero-order valence-electron chi connectivity index (χ0n) is 10.0. The van der Waals surface area contributed by atoms with E-state index in [0.29, 0.717) is 18.7 Å². The van der Waals surface area contributed by atoms with Crippen molar-refractivity contribution < 1.29 is 18.3 Å². The SMILES string of the molecule is Cn1ncnc1CS(=O)(=O)CC1(CC(=O)O)CC1. The number of hydrogen-bond acceptors (Lipinski definition) is 5. The van der Waals surface area contributed by atoms with Crippen molar-refractivity contribution in [3.8, 4) is 0 Å². The number of aryl methyl sites for hydroxylation is 1. The molecule has 0 radical (unpaired) electrons. The number of rotatable bonds is 6. The molecule has 0 atom stereocenters. The van der Waals surface area contributed by atoms with E-state index >= 15 is 0 Å². The van der Waals surface area contributed by atoms with E-state index in [0.717, 1.165) is 0 Å². The molecular weight excluding hydrogens is 258 g/mol. The molecule has 0 unspecified atom stereocenters. The minimum absolute atomic E-state index is 0.0783. The number of sulfone groups is 1. The zero-order valence-corrected chi connectivity index (χ0v) is 10.9. The van der Waals surface area contributed by atoms with Crippen molar-refractivity contribution >= 4 is 15.8 Å². The zero-order chi connectivity index (χ0) is 13.4. The summed E-state index contributed by atoms with van der Waals surface area (Å²) in [5.41, 5.74) is -0.552. The van der Waals surface area contributed by atoms with Gasteiger partial charge in [-0.3, -0.25) is 9.48 Å². The van der Waals surface area contributed by atoms with Crippen molar-refractivity contribution in [3.63, 3.8) is 0 Å². The fourth-order valence-electron chi connectivity index (χ4n) is 2.03. The lowest BCUT2D eigenvalue weighted by Gasteiger charge is -2.12. The van der Waals surface area contributed by atoms with Gasteiger partial charge >= 0.3 is 5.97 Å². The molecule has 0 aliphatic heterocycles. The number of aliphatic carboxylic acids is 1. The highest BCUT2D eigenvalue weighted by molar-refractivity contribution is 7.90. The molecule has 8 heteroatoms. The van der Waals surface area contributed by atoms with Crippen LogP contribution in [0, 0.1) is 5.41 Å². The molecule has 7 nitrogen and oxygen atoms in total. The molecule has 0 aromatic carbocycles. The molecule has 1 heterocycles. The minimum Gasteiger partial charge on any atom is -0.481 e. The number of aromatic nitrogens is 3. The van der Waals surface area contributed by atoms with Gasteiger partial charge in [0.15, 0.2) is 9.84 Å². The fraction of sp³-hybridized carbons (Fsp3) is 0.700. The lowest BCUT2D eigenvalue weighted by molar-refractivity contribution is -0.138. The lowest BCUT2D eigenvalue weighted by atomic mass is 10.1. The van der Waals surface area contributed by atoms with Crippen LogP contribution in [0.5, 0.6) is 0 Å². The van der Waals surface area contributed by atoms with Gasteiger partial charge in [0.25, 0.3) is 0 Å². The van der Waals surface area contributed by atoms with Gasteiger partial charge in [-0.15, -0.1) is 0 Å². The molecule has 1 aliphatic carbocycles. The molecule has 1 fully saturated rings. The molecule has 1 N–H and O–H groups in total. The summed E-state index contributed by atoms with van der Waals surface area (Å²) in [5.74, 6) is -0.841. The average Bonchev–Trinajstić information content (AvgIpc) is 2.81. The third-order valence-corrected chi connectivity index (χ3v) is 4.91. The Balaban J connectivity index is 2.04. The van der Waals surface area contributed by atoms with E-state index in [9.17, 15) is 13.2 Å². The van der Waals surface area contributed by atoms with E-state index < -0.39 is 21.2 Å². The molecule has 18 heavy (non-hydrogen) atoms. The maximum atomic E-state index is 12.0. The van der Waals surface area contributed by atoms with Gasteiger partial charge in [0.2, 0.25) is 0 Å². The number of carboxylic acids is 1. The second kappa shape index (κ2) is 4.34. The van der Waals surface area contributed by atoms with Crippen LogP contribution in [0.2, 0.25) is 0 Å². The van der Waals surface area contributed by atoms with Crippen LogP contribution >= 0.6 is 0 Å². The van der Waals surface area contributed by atoms with Gasteiger partial charge in [-0.1, -0.05) is 0 Å². The van der Waals surface area contributed by atoms with Crippen LogP contribution in [-0.4, -0.2) is 40.0 Å². The molecule has 1 aliphatic rings. The van der Waals surface area contributed by atoms with Crippen LogP contribution in [0.1, 0.15) is 25.1 Å². The maximum Gasteiger partial charge on any atom is 0.303 e. The van der Waals surface area contributed by atoms with Crippen molar-refractivity contribution in [3.05, 3.63) is 12.2 Å². The molecular formula is C10H15N3O4S. The first-order valence-electron chi connectivity index (χ1n) is 5.57. The van der Waals surface area contributed by atoms with Crippen LogP contribution in [-0.2, 0) is 27.4 Å². The summed E-state index contributed by atoms with van der Waals surface area (Å²) in [4.78, 5) is 14.6. The molecule has 0 spiro atoms. The molecule has 2 rings (SSSR count). The highest BCUT2D eigenvalue weighted by Gasteiger charge is 2.47. The van der Waals surface area contributed by atoms with Crippen LogP contribution < -0.4 is 0 Å². The molecule has 100 valence electrons. The highest BCUT2D eigenvalue weighted by Crippen LogP contribution is 2.50. The first kappa shape index (κ1) is 13.0. The monoisotopic (exact) mass is 273 g/mol. The Morgan fingerprint density at radius 3 is 2.67 bits per heavy atom. The smallest absolute Gasteiger partial charge is 0.303 e. The average molecular weight is 273 g/mol. The number of carboxylic acid groups (broad SMARTS) is 1. The van der Waals surface area contributed by atoms with Gasteiger partial charge in [0, 0.05) is 7.05 Å². The molecule has 1 aromatic heterocycles. The quantitative estimate of drug-likeness (QED) is 0.781. The van der Waals surface area contributed by atoms with E-state index in [4.69, 9.17) is 5.11 Å². The summed E-state index contributed by atoms with van der Waals surface area (Å²) in [6.07, 6.45) is 2.55. The summed E-state index contributed by atoms with van der Waals surface area (Å²) in [6.45, 7) is 0. The normalized spacial score (nSPS) is 17.6. The van der Waals surface area contributed by atoms with Gasteiger partial charge in [-0.25, -0.2) is 13.4 Å². The number of hydrogen-bond donors (Lipinski definition) is 1. The van der Waals surface area contributed by atoms with E-state index in [2.05, 4.69) is 10.1 Å². The number of carbonyl (C=O) groups is 1. The Kier molecular flexibility index (Phi) is 3.14. The Morgan fingerprint density at radius 2 is 2.22 bits per heavy atom. The van der Waals surface area contributed by atoms with Gasteiger partial charge in [0.05, 0.1) is 12.2 Å². The molecule has 1 saturated carbocycles. The van der Waals surface area contributed by atoms with Gasteiger partial charge in [0.1, 0.15) is 17.9 Å². The standard InChI is InChI=1S/C10H15N3O4S/c1-13-8(11-7-12-13)5-18(16,17)6-10(2-3-10)4-9(14)15/h7H,2-6H2,1H3,(H,14,15). The van der Waals surface area contributed by atoms with Crippen LogP contribution in [0.4, 0.5) is 0 Å². The topological polar surface area (TPSA) is 102 Å². The van der Waals surface area contributed by atoms with Crippen molar-refractivity contribution in [2.75, 3.05) is 5.75 Å². The van der Waals surface area contributed by atoms with Crippen molar-refractivity contribution in [1.29, 1.82) is 0 Å². The van der Waals surface area contributed by atoms with Gasteiger partial charge < -0.3 is 5.11 Å². The summed E-state index contributed by atoms with van der Waals surface area (Å²) in [5, 5.41) is 12.6. The molecule has 0 bridgehead atoms. The van der Waals surface area contributed by atoms with Gasteiger partial charge in [-0.2, -0.15) is 5.10 Å². The van der Waals surface area contributed by atoms with Crippen LogP contribution in [0.15, 0.2) is 6.33 Å². The van der Waals surface area contributed by atoms with Gasteiger partial charge in [-0.05, 0) is 18.3 Å². The van der Waals surface area contributed by atoms with Crippen molar-refractivity contribution in [1.82, 2.24) is 14.8 Å². The summed E-state index contributed by atoms with van der Waals surface area (Å²) < 4.78 is 25.4. The first-order valence-corrected chi connectivity index (χ1v) is 7.39. The highest BCUT2D eigenvalue weighted by atomic mass is 32.2. The van der Waals surface area contributed by atoms with Crippen LogP contribution in [0.3, 0.4) is 0 Å². The third kappa shape index (κ3) is 3.06. The second-order valence-electron chi connectivity index (χ2n) is 4.90. The Bertz CT molecular complexity index is 559. The van der Waals surface area contributed by atoms with E-state index in [1.807, 2.05) is 0 Å². The third-order valence-electron chi connectivity index (χ3n) is 3.16. The van der Waals surface area contributed by atoms with E-state index in [1.54, 1.807) is 7.05 Å². The Labute approximate surface area is 105 Å². The molecule has 0 saturated heterocycles. The molecule has 0 amide bonds. The summed E-state index contributed by atoms with van der Waals surface area (Å²) in [6, 6.07) is 0. The van der Waals surface area contributed by atoms with E-state index in [-0.39, 0.29) is 17.9 Å². The predicted octanol–water partition coefficient (Wildman–Crippen LogP) is -0.0152. The Hall–Kier alpha value is -1.44. The fourth-order valence-corrected chi connectivity index (χ4v) is 4.12. The lowest BCUT2D eigenvalue weighted by Crippen LogP contribution is -2.22. The Morgan fingerprint density at radius 1 is 1.56 bits per heavy atom. The summed E-state index contributed by atoms with van der Waals surface area (Å²) in [7, 11) is -1.73. The van der Waals surface area contributed by atoms with Crippen LogP contribution in [0.25, 0.3) is 0 Å². The first-order chi connectivity index (χ1) is 8.32. The predicted molar refractivity (Wildman–Crippen MR) is 62.4 cm³/mol. The summed E-state index contributed by atoms with van der Waals surface area (Å²) >= 11 is 0.